The van der Waals surface area contributed by atoms with E-state index in [0.29, 0.717) is 18.9 Å². The fourth-order valence-electron chi connectivity index (χ4n) is 2.86. The van der Waals surface area contributed by atoms with Crippen LogP contribution in [0, 0.1) is 13.8 Å². The van der Waals surface area contributed by atoms with Gasteiger partial charge in [-0.05, 0) is 26.7 Å². The van der Waals surface area contributed by atoms with E-state index in [1.165, 1.54) is 0 Å². The Balaban J connectivity index is 1.66. The van der Waals surface area contributed by atoms with Gasteiger partial charge >= 0.3 is 0 Å². The van der Waals surface area contributed by atoms with Gasteiger partial charge in [0.15, 0.2) is 0 Å². The molecule has 1 amide bonds. The van der Waals surface area contributed by atoms with Gasteiger partial charge in [0.05, 0.1) is 29.4 Å². The van der Waals surface area contributed by atoms with Crippen LogP contribution in [0.4, 0.5) is 5.82 Å². The maximum absolute atomic E-state index is 12.3. The van der Waals surface area contributed by atoms with Crippen LogP contribution in [-0.2, 0) is 23.0 Å². The lowest BCUT2D eigenvalue weighted by molar-refractivity contribution is -0.115. The number of hydrogen-bond donors (Lipinski definition) is 1. The summed E-state index contributed by atoms with van der Waals surface area (Å²) in [5.41, 5.74) is 1.84. The van der Waals surface area contributed by atoms with E-state index in [1.54, 1.807) is 16.0 Å². The molecule has 2 aromatic heterocycles. The molecule has 1 aliphatic rings. The molecule has 1 N–H and O–H groups in total. The standard InChI is InChI=1S/C16H22N4O2S/c1-10-13(17-11(2)23-10)8-16(21)18-15-7-14(19-20(15)3)12-5-4-6-22-9-12/h7,12H,4-6,8-9H2,1-3H3,(H,18,21). The Hall–Kier alpha value is -1.73. The lowest BCUT2D eigenvalue weighted by Crippen LogP contribution is -2.17. The highest BCUT2D eigenvalue weighted by Crippen LogP contribution is 2.26. The number of carbonyl (C=O) groups excluding carboxylic acids is 1. The number of amides is 1. The zero-order chi connectivity index (χ0) is 16.4. The minimum absolute atomic E-state index is 0.0622. The van der Waals surface area contributed by atoms with Crippen LogP contribution in [0.5, 0.6) is 0 Å². The number of aryl methyl sites for hydroxylation is 3. The summed E-state index contributed by atoms with van der Waals surface area (Å²) in [6.07, 6.45) is 2.44. The van der Waals surface area contributed by atoms with Gasteiger partial charge in [0.25, 0.3) is 0 Å². The number of thiazole rings is 1. The van der Waals surface area contributed by atoms with Crippen molar-refractivity contribution >= 4 is 23.1 Å². The molecule has 1 aliphatic heterocycles. The van der Waals surface area contributed by atoms with Gasteiger partial charge in [0.1, 0.15) is 5.82 Å². The molecule has 1 fully saturated rings. The number of anilines is 1. The Kier molecular flexibility index (Phi) is 4.77. The van der Waals surface area contributed by atoms with Crippen molar-refractivity contribution < 1.29 is 9.53 Å². The highest BCUT2D eigenvalue weighted by Gasteiger charge is 2.20. The van der Waals surface area contributed by atoms with Crippen molar-refractivity contribution in [2.24, 2.45) is 7.05 Å². The van der Waals surface area contributed by atoms with Gasteiger partial charge in [-0.3, -0.25) is 9.48 Å². The number of hydrogen-bond acceptors (Lipinski definition) is 5. The molecule has 23 heavy (non-hydrogen) atoms. The van der Waals surface area contributed by atoms with E-state index in [0.717, 1.165) is 46.5 Å². The van der Waals surface area contributed by atoms with Crippen LogP contribution < -0.4 is 5.32 Å². The number of rotatable bonds is 4. The Morgan fingerprint density at radius 2 is 2.35 bits per heavy atom. The quantitative estimate of drug-likeness (QED) is 0.933. The van der Waals surface area contributed by atoms with Gasteiger partial charge in [-0.25, -0.2) is 4.98 Å². The molecule has 1 saturated heterocycles. The lowest BCUT2D eigenvalue weighted by Gasteiger charge is -2.19. The number of carbonyl (C=O) groups is 1. The van der Waals surface area contributed by atoms with Gasteiger partial charge in [-0.2, -0.15) is 5.10 Å². The molecule has 0 radical (unpaired) electrons. The van der Waals surface area contributed by atoms with Crippen molar-refractivity contribution in [2.75, 3.05) is 18.5 Å². The summed E-state index contributed by atoms with van der Waals surface area (Å²) < 4.78 is 7.24. The second-order valence-electron chi connectivity index (χ2n) is 5.95. The second-order valence-corrected chi connectivity index (χ2v) is 7.36. The Morgan fingerprint density at radius 1 is 1.52 bits per heavy atom. The molecule has 0 saturated carbocycles. The van der Waals surface area contributed by atoms with Gasteiger partial charge < -0.3 is 10.1 Å². The molecule has 0 aliphatic carbocycles. The second kappa shape index (κ2) is 6.80. The molecule has 0 bridgehead atoms. The molecule has 7 heteroatoms. The zero-order valence-electron chi connectivity index (χ0n) is 13.8. The maximum atomic E-state index is 12.3. The van der Waals surface area contributed by atoms with Crippen molar-refractivity contribution in [3.8, 4) is 0 Å². The first-order valence-corrected chi connectivity index (χ1v) is 8.69. The lowest BCUT2D eigenvalue weighted by atomic mass is 9.99. The molecule has 3 rings (SSSR count). The highest BCUT2D eigenvalue weighted by molar-refractivity contribution is 7.11. The molecule has 1 atom stereocenters. The van der Waals surface area contributed by atoms with E-state index >= 15 is 0 Å². The predicted molar refractivity (Wildman–Crippen MR) is 89.9 cm³/mol. The van der Waals surface area contributed by atoms with Crippen molar-refractivity contribution in [3.05, 3.63) is 27.3 Å². The van der Waals surface area contributed by atoms with Crippen LogP contribution >= 0.6 is 11.3 Å². The Bertz CT molecular complexity index is 701. The van der Waals surface area contributed by atoms with E-state index in [4.69, 9.17) is 4.74 Å². The van der Waals surface area contributed by atoms with Gasteiger partial charge in [0.2, 0.25) is 5.91 Å². The summed E-state index contributed by atoms with van der Waals surface area (Å²) in [6.45, 7) is 5.50. The van der Waals surface area contributed by atoms with Crippen LogP contribution in [0.2, 0.25) is 0 Å². The summed E-state index contributed by atoms with van der Waals surface area (Å²) >= 11 is 1.62. The molecule has 3 heterocycles. The molecule has 124 valence electrons. The first kappa shape index (κ1) is 16.1. The first-order valence-electron chi connectivity index (χ1n) is 7.87. The summed E-state index contributed by atoms with van der Waals surface area (Å²) in [4.78, 5) is 17.8. The maximum Gasteiger partial charge on any atom is 0.231 e. The topological polar surface area (TPSA) is 69.0 Å². The SMILES string of the molecule is Cc1nc(CC(=O)Nc2cc(C3CCCOC3)nn2C)c(C)s1. The summed E-state index contributed by atoms with van der Waals surface area (Å²) in [5.74, 6) is 0.983. The largest absolute Gasteiger partial charge is 0.381 e. The van der Waals surface area contributed by atoms with E-state index < -0.39 is 0 Å². The molecule has 1 unspecified atom stereocenters. The fourth-order valence-corrected chi connectivity index (χ4v) is 3.69. The number of aromatic nitrogens is 3. The molecular formula is C16H22N4O2S. The van der Waals surface area contributed by atoms with Gasteiger partial charge in [-0.15, -0.1) is 11.3 Å². The first-order chi connectivity index (χ1) is 11.0. The van der Waals surface area contributed by atoms with E-state index in [-0.39, 0.29) is 5.91 Å². The normalized spacial score (nSPS) is 18.1. The van der Waals surface area contributed by atoms with Crippen LogP contribution in [0.15, 0.2) is 6.07 Å². The van der Waals surface area contributed by atoms with Crippen LogP contribution in [0.25, 0.3) is 0 Å². The third-order valence-corrected chi connectivity index (χ3v) is 5.00. The van der Waals surface area contributed by atoms with Crippen molar-refractivity contribution in [2.45, 2.75) is 39.0 Å². The average molecular weight is 334 g/mol. The summed E-state index contributed by atoms with van der Waals surface area (Å²) in [6, 6.07) is 1.95. The average Bonchev–Trinajstić information content (AvgIpc) is 3.03. The number of ether oxygens (including phenoxy) is 1. The predicted octanol–water partition coefficient (Wildman–Crippen LogP) is 2.57. The third-order valence-electron chi connectivity index (χ3n) is 4.07. The van der Waals surface area contributed by atoms with Crippen LogP contribution in [0.3, 0.4) is 0 Å². The molecule has 0 spiro atoms. The Morgan fingerprint density at radius 3 is 3.00 bits per heavy atom. The minimum Gasteiger partial charge on any atom is -0.381 e. The van der Waals surface area contributed by atoms with E-state index in [1.807, 2.05) is 27.0 Å². The van der Waals surface area contributed by atoms with E-state index in [9.17, 15) is 4.79 Å². The smallest absolute Gasteiger partial charge is 0.231 e. The summed E-state index contributed by atoms with van der Waals surface area (Å²) in [5, 5.41) is 8.46. The Labute approximate surface area is 139 Å². The third kappa shape index (κ3) is 3.79. The highest BCUT2D eigenvalue weighted by atomic mass is 32.1. The van der Waals surface area contributed by atoms with Crippen LogP contribution in [-0.4, -0.2) is 33.9 Å². The van der Waals surface area contributed by atoms with Gasteiger partial charge in [-0.1, -0.05) is 0 Å². The fraction of sp³-hybridized carbons (Fsp3) is 0.562. The minimum atomic E-state index is -0.0622. The van der Waals surface area contributed by atoms with Crippen LogP contribution in [0.1, 0.15) is 40.0 Å². The molecule has 0 aromatic carbocycles. The van der Waals surface area contributed by atoms with Gasteiger partial charge in [0, 0.05) is 30.5 Å². The monoisotopic (exact) mass is 334 g/mol. The van der Waals surface area contributed by atoms with E-state index in [2.05, 4.69) is 15.4 Å². The number of nitrogens with one attached hydrogen (secondary N) is 1. The molecular weight excluding hydrogens is 312 g/mol. The molecule has 6 nitrogen and oxygen atoms in total. The van der Waals surface area contributed by atoms with Crippen molar-refractivity contribution in [3.63, 3.8) is 0 Å². The zero-order valence-corrected chi connectivity index (χ0v) is 14.6. The number of nitrogens with zero attached hydrogens (tertiary/aromatic N) is 3. The molecule has 2 aromatic rings. The van der Waals surface area contributed by atoms with Crippen molar-refractivity contribution in [1.29, 1.82) is 0 Å². The summed E-state index contributed by atoms with van der Waals surface area (Å²) in [7, 11) is 1.85. The van der Waals surface area contributed by atoms with Crippen molar-refractivity contribution in [1.82, 2.24) is 14.8 Å².